The van der Waals surface area contributed by atoms with Crippen LogP contribution in [0.1, 0.15) is 31.7 Å². The first-order valence-electron chi connectivity index (χ1n) is 8.83. The summed E-state index contributed by atoms with van der Waals surface area (Å²) in [5.74, 6) is 1.15. The molecule has 1 atom stereocenters. The van der Waals surface area contributed by atoms with E-state index in [0.29, 0.717) is 31.5 Å². The average Bonchev–Trinajstić information content (AvgIpc) is 3.44. The molecule has 1 aromatic heterocycles. The lowest BCUT2D eigenvalue weighted by atomic mass is 10.0. The highest BCUT2D eigenvalue weighted by Crippen LogP contribution is 2.31. The zero-order valence-electron chi connectivity index (χ0n) is 14.5. The summed E-state index contributed by atoms with van der Waals surface area (Å²) in [6.45, 7) is 3.93. The number of aryl methyl sites for hydroxylation is 1. The molecule has 1 aliphatic carbocycles. The molecule has 136 valence electrons. The van der Waals surface area contributed by atoms with E-state index in [0.717, 1.165) is 37.7 Å². The van der Waals surface area contributed by atoms with Crippen molar-refractivity contribution in [3.8, 4) is 0 Å². The topological polar surface area (TPSA) is 98.7 Å². The van der Waals surface area contributed by atoms with Crippen LogP contribution in [-0.2, 0) is 11.2 Å². The lowest BCUT2D eigenvalue weighted by Crippen LogP contribution is -2.71. The molecule has 0 radical (unpaired) electrons. The number of aromatic nitrogens is 2. The van der Waals surface area contributed by atoms with Crippen LogP contribution in [0.25, 0.3) is 0 Å². The number of carbonyl (C=O) groups is 2. The molecule has 2 fully saturated rings. The first kappa shape index (κ1) is 17.6. The lowest BCUT2D eigenvalue weighted by molar-refractivity contribution is -0.111. The normalized spacial score (nSPS) is 23.6. The number of carbonyl (C=O) groups excluding carboxylic acids is 1. The van der Waals surface area contributed by atoms with Crippen LogP contribution >= 0.6 is 0 Å². The predicted molar refractivity (Wildman–Crippen MR) is 92.5 cm³/mol. The third-order valence-corrected chi connectivity index (χ3v) is 5.01. The SMILES string of the molecule is CCc1cnc(N2CCN(C(=O)O)C(CC=O)(NCC3CC3)C2)nc1. The quantitative estimate of drug-likeness (QED) is 0.713. The predicted octanol–water partition coefficient (Wildman–Crippen LogP) is 1.12. The summed E-state index contributed by atoms with van der Waals surface area (Å²) in [6.07, 6.45) is 6.66. The maximum absolute atomic E-state index is 11.8. The number of carboxylic acid groups (broad SMARTS) is 1. The van der Waals surface area contributed by atoms with E-state index in [4.69, 9.17) is 0 Å². The van der Waals surface area contributed by atoms with Crippen molar-refractivity contribution in [1.29, 1.82) is 0 Å². The first-order valence-corrected chi connectivity index (χ1v) is 8.83. The number of anilines is 1. The fourth-order valence-corrected chi connectivity index (χ4v) is 3.25. The molecule has 8 nitrogen and oxygen atoms in total. The number of hydrogen-bond acceptors (Lipinski definition) is 6. The smallest absolute Gasteiger partial charge is 0.408 e. The summed E-state index contributed by atoms with van der Waals surface area (Å²) >= 11 is 0. The number of rotatable bonds is 7. The fraction of sp³-hybridized carbons (Fsp3) is 0.647. The van der Waals surface area contributed by atoms with Crippen LogP contribution < -0.4 is 10.2 Å². The van der Waals surface area contributed by atoms with Gasteiger partial charge in [0.2, 0.25) is 5.95 Å². The highest BCUT2D eigenvalue weighted by Gasteiger charge is 2.45. The van der Waals surface area contributed by atoms with Gasteiger partial charge in [-0.3, -0.25) is 10.2 Å². The maximum atomic E-state index is 11.8. The number of hydrogen-bond donors (Lipinski definition) is 2. The lowest BCUT2D eigenvalue weighted by Gasteiger charge is -2.49. The second-order valence-electron chi connectivity index (χ2n) is 6.83. The Kier molecular flexibility index (Phi) is 5.17. The molecule has 25 heavy (non-hydrogen) atoms. The van der Waals surface area contributed by atoms with E-state index < -0.39 is 11.8 Å². The number of nitrogens with zero attached hydrogens (tertiary/aromatic N) is 4. The molecule has 1 saturated carbocycles. The van der Waals surface area contributed by atoms with E-state index in [-0.39, 0.29) is 6.42 Å². The molecular weight excluding hydrogens is 322 g/mol. The van der Waals surface area contributed by atoms with Gasteiger partial charge in [0.1, 0.15) is 11.9 Å². The van der Waals surface area contributed by atoms with Crippen LogP contribution in [0.3, 0.4) is 0 Å². The minimum absolute atomic E-state index is 0.107. The van der Waals surface area contributed by atoms with E-state index in [9.17, 15) is 14.7 Å². The summed E-state index contributed by atoms with van der Waals surface area (Å²) in [5, 5.41) is 13.0. The number of piperazine rings is 1. The van der Waals surface area contributed by atoms with Gasteiger partial charge in [-0.25, -0.2) is 14.8 Å². The van der Waals surface area contributed by atoms with Gasteiger partial charge in [0, 0.05) is 38.4 Å². The van der Waals surface area contributed by atoms with E-state index in [2.05, 4.69) is 15.3 Å². The van der Waals surface area contributed by atoms with E-state index >= 15 is 0 Å². The molecule has 1 aromatic rings. The van der Waals surface area contributed by atoms with Gasteiger partial charge in [0.25, 0.3) is 0 Å². The minimum atomic E-state index is -1.01. The van der Waals surface area contributed by atoms with Crippen molar-refractivity contribution in [2.24, 2.45) is 5.92 Å². The first-order chi connectivity index (χ1) is 12.1. The zero-order chi connectivity index (χ0) is 17.9. The van der Waals surface area contributed by atoms with Gasteiger partial charge in [-0.15, -0.1) is 0 Å². The molecule has 2 aliphatic rings. The van der Waals surface area contributed by atoms with Crippen LogP contribution in [0.5, 0.6) is 0 Å². The van der Waals surface area contributed by atoms with Gasteiger partial charge in [-0.2, -0.15) is 0 Å². The largest absolute Gasteiger partial charge is 0.465 e. The minimum Gasteiger partial charge on any atom is -0.465 e. The third-order valence-electron chi connectivity index (χ3n) is 5.01. The molecule has 1 amide bonds. The van der Waals surface area contributed by atoms with Crippen LogP contribution in [0.15, 0.2) is 12.4 Å². The van der Waals surface area contributed by atoms with Crippen molar-refractivity contribution in [3.63, 3.8) is 0 Å². The zero-order valence-corrected chi connectivity index (χ0v) is 14.5. The Morgan fingerprint density at radius 1 is 1.40 bits per heavy atom. The van der Waals surface area contributed by atoms with Gasteiger partial charge in [-0.1, -0.05) is 6.92 Å². The molecule has 2 N–H and O–H groups in total. The maximum Gasteiger partial charge on any atom is 0.408 e. The Labute approximate surface area is 147 Å². The Morgan fingerprint density at radius 3 is 2.68 bits per heavy atom. The molecule has 0 bridgehead atoms. The van der Waals surface area contributed by atoms with Crippen molar-refractivity contribution < 1.29 is 14.7 Å². The van der Waals surface area contributed by atoms with Crippen LogP contribution in [-0.4, -0.2) is 64.2 Å². The van der Waals surface area contributed by atoms with Gasteiger partial charge >= 0.3 is 6.09 Å². The summed E-state index contributed by atoms with van der Waals surface area (Å²) in [7, 11) is 0. The van der Waals surface area contributed by atoms with Crippen LogP contribution in [0.4, 0.5) is 10.7 Å². The molecule has 1 saturated heterocycles. The molecule has 1 unspecified atom stereocenters. The molecule has 2 heterocycles. The van der Waals surface area contributed by atoms with Gasteiger partial charge in [0.15, 0.2) is 0 Å². The van der Waals surface area contributed by atoms with E-state index in [1.807, 2.05) is 11.8 Å². The molecule has 8 heteroatoms. The highest BCUT2D eigenvalue weighted by molar-refractivity contribution is 5.68. The van der Waals surface area contributed by atoms with Gasteiger partial charge in [-0.05, 0) is 30.7 Å². The second-order valence-corrected chi connectivity index (χ2v) is 6.83. The monoisotopic (exact) mass is 347 g/mol. The molecule has 0 aromatic carbocycles. The molecule has 3 rings (SSSR count). The Morgan fingerprint density at radius 2 is 2.12 bits per heavy atom. The highest BCUT2D eigenvalue weighted by atomic mass is 16.4. The standard InChI is InChI=1S/C17H25N5O3/c1-2-13-9-18-15(19-10-13)21-6-7-22(16(24)25)17(12-21,5-8-23)20-11-14-3-4-14/h8-10,14,20H,2-7,11-12H2,1H3,(H,24,25). The summed E-state index contributed by atoms with van der Waals surface area (Å²) < 4.78 is 0. The summed E-state index contributed by atoms with van der Waals surface area (Å²) in [6, 6.07) is 0. The Bertz CT molecular complexity index is 619. The third kappa shape index (κ3) is 3.89. The van der Waals surface area contributed by atoms with E-state index in [1.165, 1.54) is 4.90 Å². The van der Waals surface area contributed by atoms with Crippen molar-refractivity contribution in [3.05, 3.63) is 18.0 Å². The van der Waals surface area contributed by atoms with Crippen molar-refractivity contribution >= 4 is 18.3 Å². The molecule has 1 aliphatic heterocycles. The van der Waals surface area contributed by atoms with Gasteiger partial charge in [0.05, 0.1) is 6.54 Å². The summed E-state index contributed by atoms with van der Waals surface area (Å²) in [4.78, 5) is 35.2. The Hall–Kier alpha value is -2.22. The van der Waals surface area contributed by atoms with Crippen molar-refractivity contribution in [2.45, 2.75) is 38.3 Å². The van der Waals surface area contributed by atoms with Crippen LogP contribution in [0, 0.1) is 5.92 Å². The molecule has 0 spiro atoms. The van der Waals surface area contributed by atoms with E-state index in [1.54, 1.807) is 12.4 Å². The Balaban J connectivity index is 1.82. The second kappa shape index (κ2) is 7.35. The summed E-state index contributed by atoms with van der Waals surface area (Å²) in [5.41, 5.74) is 0.125. The van der Waals surface area contributed by atoms with Crippen molar-refractivity contribution in [1.82, 2.24) is 20.2 Å². The molecular formula is C17H25N5O3. The van der Waals surface area contributed by atoms with Crippen LogP contribution in [0.2, 0.25) is 0 Å². The number of amides is 1. The number of nitrogens with one attached hydrogen (secondary N) is 1. The van der Waals surface area contributed by atoms with Gasteiger partial charge < -0.3 is 14.8 Å². The van der Waals surface area contributed by atoms with Crippen molar-refractivity contribution in [2.75, 3.05) is 31.1 Å². The fourth-order valence-electron chi connectivity index (χ4n) is 3.25. The number of aldehydes is 1. The average molecular weight is 347 g/mol.